The molecule has 0 saturated carbocycles. The Balaban J connectivity index is 2.75. The van der Waals surface area contributed by atoms with E-state index in [-0.39, 0.29) is 38.5 Å². The zero-order chi connectivity index (χ0) is 95.4. The van der Waals surface area contributed by atoms with E-state index in [9.17, 15) is 77.9 Å². The number of carbonyl (C=O) groups excluding carboxylic acids is 6. The van der Waals surface area contributed by atoms with Gasteiger partial charge in [-0.25, -0.2) is 9.13 Å². The van der Waals surface area contributed by atoms with Gasteiger partial charge in [-0.2, -0.15) is 0 Å². The third kappa shape index (κ3) is 67.1. The highest BCUT2D eigenvalue weighted by Crippen LogP contribution is 2.44. The molecule has 0 aromatic carbocycles. The van der Waals surface area contributed by atoms with Crippen molar-refractivity contribution < 1.29 is 120 Å². The smallest absolute Gasteiger partial charge is 0.462 e. The number of phosphoric ester groups is 2. The minimum absolute atomic E-state index is 0.0839. The number of rotatable bonds is 91. The van der Waals surface area contributed by atoms with Crippen molar-refractivity contribution in [1.29, 1.82) is 0 Å². The standard InChI is InChI=1S/C101H192N2O25P2/c1-7-13-19-25-31-37-39-41-43-45-51-57-63-69-75-91(110)122-85(73-67-61-55-49-36-30-24-18-12-6)79-93(112)126-99-95(102-88(107)76-82(105)70-64-58-52-46-33-27-21-15-9-3)100(123-86(80-104)97(99)127-129(114,115)116)120-81-87-96(113)98(125-92(111)77-83(106)71-65-59-53-47-34-28-22-16-10-4)94(101(124-87)128-130(117,118)119)103-89(108)78-84(72-66-60-54-48-35-29-23-17-11-5)121-90(109)74-68-62-56-50-44-42-40-38-32-26-20-14-8-2/h82-87,94-101,104-106,113H,7-81H2,1-6H3,(H,102,107)(H,103,108)(H2,114,115,116)(H2,117,118,119)/t82?,83?,84?,85?,86?,87?,94?,95?,96-,97-,98-,99-,100-,101?/m1/s1. The molecule has 10 N–H and O–H groups in total. The zero-order valence-electron chi connectivity index (χ0n) is 82.5. The van der Waals surface area contributed by atoms with Crippen LogP contribution in [0, 0.1) is 0 Å². The lowest BCUT2D eigenvalue weighted by molar-refractivity contribution is -0.297. The van der Waals surface area contributed by atoms with Crippen LogP contribution in [-0.2, 0) is 80.1 Å². The summed E-state index contributed by atoms with van der Waals surface area (Å²) in [6.07, 6.45) is 43.5. The van der Waals surface area contributed by atoms with E-state index in [2.05, 4.69) is 52.2 Å². The fourth-order valence-corrected chi connectivity index (χ4v) is 18.8. The van der Waals surface area contributed by atoms with Gasteiger partial charge in [0.15, 0.2) is 24.8 Å². The number of hydrogen-bond donors (Lipinski definition) is 10. The summed E-state index contributed by atoms with van der Waals surface area (Å²) < 4.78 is 80.2. The number of amides is 2. The van der Waals surface area contributed by atoms with Crippen LogP contribution in [0.5, 0.6) is 0 Å². The summed E-state index contributed by atoms with van der Waals surface area (Å²) in [5.41, 5.74) is 0. The summed E-state index contributed by atoms with van der Waals surface area (Å²) in [6.45, 7) is 11.0. The van der Waals surface area contributed by atoms with Crippen molar-refractivity contribution in [3.05, 3.63) is 0 Å². The van der Waals surface area contributed by atoms with Crippen LogP contribution in [0.4, 0.5) is 0 Å². The molecule has 0 aliphatic carbocycles. The van der Waals surface area contributed by atoms with E-state index < -0.39 is 176 Å². The summed E-state index contributed by atoms with van der Waals surface area (Å²) in [7, 11) is -11.4. The van der Waals surface area contributed by atoms with Crippen molar-refractivity contribution in [3.63, 3.8) is 0 Å². The van der Waals surface area contributed by atoms with Crippen LogP contribution >= 0.6 is 15.6 Å². The molecule has 0 aromatic rings. The number of hydrogen-bond acceptors (Lipinski definition) is 21. The van der Waals surface area contributed by atoms with Gasteiger partial charge in [0.05, 0.1) is 51.1 Å². The molecule has 2 aliphatic rings. The third-order valence-electron chi connectivity index (χ3n) is 25.6. The Morgan fingerprint density at radius 2 is 0.592 bits per heavy atom. The summed E-state index contributed by atoms with van der Waals surface area (Å²) in [5.74, 6) is -5.01. The largest absolute Gasteiger partial charge is 0.472 e. The molecule has 2 fully saturated rings. The Morgan fingerprint density at radius 3 is 0.931 bits per heavy atom. The van der Waals surface area contributed by atoms with Crippen LogP contribution in [0.2, 0.25) is 0 Å². The highest BCUT2D eigenvalue weighted by molar-refractivity contribution is 7.46. The molecule has 2 amide bonds. The van der Waals surface area contributed by atoms with Crippen LogP contribution in [0.25, 0.3) is 0 Å². The first-order chi connectivity index (χ1) is 62.8. The molecule has 0 radical (unpaired) electrons. The second kappa shape index (κ2) is 81.7. The number of phosphoric acid groups is 2. The minimum atomic E-state index is -5.72. The van der Waals surface area contributed by atoms with Crippen LogP contribution in [-0.4, -0.2) is 175 Å². The number of aliphatic hydroxyl groups excluding tert-OH is 4. The Kier molecular flexibility index (Phi) is 77.2. The number of aliphatic hydroxyl groups is 4. The lowest BCUT2D eigenvalue weighted by Crippen LogP contribution is -2.68. The second-order valence-electron chi connectivity index (χ2n) is 38.0. The van der Waals surface area contributed by atoms with E-state index in [1.165, 1.54) is 122 Å². The van der Waals surface area contributed by atoms with Crippen LogP contribution in [0.15, 0.2) is 0 Å². The molecule has 0 aromatic heterocycles. The second-order valence-corrected chi connectivity index (χ2v) is 40.4. The molecular formula is C101H192N2O25P2. The van der Waals surface area contributed by atoms with Gasteiger partial charge in [-0.05, 0) is 51.4 Å². The van der Waals surface area contributed by atoms with E-state index in [0.717, 1.165) is 244 Å². The normalized spacial score (nSPS) is 19.9. The van der Waals surface area contributed by atoms with E-state index >= 15 is 0 Å². The lowest BCUT2D eigenvalue weighted by atomic mass is 9.95. The van der Waals surface area contributed by atoms with Crippen molar-refractivity contribution in [1.82, 2.24) is 10.6 Å². The molecule has 2 saturated heterocycles. The number of esters is 4. The summed E-state index contributed by atoms with van der Waals surface area (Å²) in [6, 6.07) is -3.86. The molecule has 130 heavy (non-hydrogen) atoms. The van der Waals surface area contributed by atoms with Crippen molar-refractivity contribution in [2.24, 2.45) is 0 Å². The highest BCUT2D eigenvalue weighted by Gasteiger charge is 2.55. The quantitative estimate of drug-likeness (QED) is 0.0117. The molecule has 2 rings (SSSR count). The SMILES string of the molecule is CCCCCCCCCCCCCCCCC(=O)OC(CCCCCCCCCCC)CC(=O)O[C@@H]1C(NC(=O)CC(O)CCCCCCCCCCC)[C@H](OCC2OC(OP(=O)(O)O)C(NC(=O)CC(CCCCCCCCCCC)OC(=O)CCCCCCCCCCCCCCC)[C@@H](OC(=O)CC(O)CCCCCCCCCCC)[C@@H]2O)OC(CO)[C@H]1OP(=O)(O)O. The molecule has 0 spiro atoms. The van der Waals surface area contributed by atoms with Gasteiger partial charge in [0.2, 0.25) is 11.8 Å². The topological polar surface area (TPSA) is 406 Å². The number of unbranched alkanes of at least 4 members (excludes halogenated alkanes) is 57. The molecular weight excluding hydrogens is 1700 g/mol. The van der Waals surface area contributed by atoms with Crippen molar-refractivity contribution in [2.75, 3.05) is 13.2 Å². The van der Waals surface area contributed by atoms with E-state index in [1.807, 2.05) is 0 Å². The average Bonchev–Trinajstić information content (AvgIpc) is 0.776. The molecule has 27 nitrogen and oxygen atoms in total. The Morgan fingerprint density at radius 1 is 0.315 bits per heavy atom. The first kappa shape index (κ1) is 123. The van der Waals surface area contributed by atoms with E-state index in [4.69, 9.17) is 42.2 Å². The van der Waals surface area contributed by atoms with Gasteiger partial charge < -0.3 is 83.8 Å². The number of ether oxygens (including phenoxy) is 7. The van der Waals surface area contributed by atoms with Gasteiger partial charge in [-0.3, -0.25) is 37.8 Å². The predicted octanol–water partition coefficient (Wildman–Crippen LogP) is 23.3. The van der Waals surface area contributed by atoms with Gasteiger partial charge in [0.1, 0.15) is 48.7 Å². The maximum Gasteiger partial charge on any atom is 0.472 e. The van der Waals surface area contributed by atoms with E-state index in [1.54, 1.807) is 0 Å². The van der Waals surface area contributed by atoms with Gasteiger partial charge >= 0.3 is 39.5 Å². The summed E-state index contributed by atoms with van der Waals surface area (Å²) in [5, 5.41) is 52.0. The lowest BCUT2D eigenvalue weighted by Gasteiger charge is -2.47. The first-order valence-electron chi connectivity index (χ1n) is 53.2. The van der Waals surface area contributed by atoms with Gasteiger partial charge in [0, 0.05) is 12.8 Å². The molecule has 2 heterocycles. The monoisotopic (exact) mass is 1900 g/mol. The molecule has 9 unspecified atom stereocenters. The van der Waals surface area contributed by atoms with Gasteiger partial charge in [-0.15, -0.1) is 0 Å². The maximum atomic E-state index is 14.9. The van der Waals surface area contributed by atoms with Crippen molar-refractivity contribution in [2.45, 2.75) is 596 Å². The van der Waals surface area contributed by atoms with Crippen LogP contribution in [0.3, 0.4) is 0 Å². The van der Waals surface area contributed by atoms with E-state index in [0.29, 0.717) is 38.5 Å². The summed E-state index contributed by atoms with van der Waals surface area (Å²) in [4.78, 5) is 129. The third-order valence-corrected chi connectivity index (χ3v) is 26.6. The van der Waals surface area contributed by atoms with Crippen LogP contribution < -0.4 is 10.6 Å². The maximum absolute atomic E-state index is 14.9. The van der Waals surface area contributed by atoms with Crippen molar-refractivity contribution >= 4 is 51.3 Å². The van der Waals surface area contributed by atoms with Gasteiger partial charge in [-0.1, -0.05) is 420 Å². The number of carbonyl (C=O) groups is 6. The highest BCUT2D eigenvalue weighted by atomic mass is 31.2. The fraction of sp³-hybridized carbons (Fsp3) is 0.941. The zero-order valence-corrected chi connectivity index (χ0v) is 84.3. The molecule has 29 heteroatoms. The number of nitrogens with one attached hydrogen (secondary N) is 2. The fourth-order valence-electron chi connectivity index (χ4n) is 17.8. The molecule has 766 valence electrons. The Hall–Kier alpha value is -3.24. The average molecular weight is 1900 g/mol. The van der Waals surface area contributed by atoms with Crippen LogP contribution in [0.1, 0.15) is 510 Å². The minimum Gasteiger partial charge on any atom is -0.462 e. The predicted molar refractivity (Wildman–Crippen MR) is 513 cm³/mol. The van der Waals surface area contributed by atoms with Gasteiger partial charge in [0.25, 0.3) is 0 Å². The molecule has 2 aliphatic heterocycles. The Labute approximate surface area is 787 Å². The Bertz CT molecular complexity index is 2840. The molecule has 0 bridgehead atoms. The first-order valence-corrected chi connectivity index (χ1v) is 56.3. The summed E-state index contributed by atoms with van der Waals surface area (Å²) >= 11 is 0. The molecule has 14 atom stereocenters. The van der Waals surface area contributed by atoms with Crippen molar-refractivity contribution in [3.8, 4) is 0 Å².